The Labute approximate surface area is 243 Å². The smallest absolute Gasteiger partial charge is 0.307 e. The SMILES string of the molecule is CC(=O)OC1=CC([Si](C(C)C)(C(C)C)C(C)C)=C(N(C)S(=O)(=O)c2ccc(C)cc2)C1c1ccc(I)cc1. The van der Waals surface area contributed by atoms with Crippen LogP contribution >= 0.6 is 22.6 Å². The summed E-state index contributed by atoms with van der Waals surface area (Å²) in [5.74, 6) is -0.435. The summed E-state index contributed by atoms with van der Waals surface area (Å²) >= 11 is 2.26. The van der Waals surface area contributed by atoms with Crippen molar-refractivity contribution in [1.29, 1.82) is 0 Å². The first-order chi connectivity index (χ1) is 17.6. The Balaban J connectivity index is 2.43. The Morgan fingerprint density at radius 3 is 1.87 bits per heavy atom. The fourth-order valence-corrected chi connectivity index (χ4v) is 15.2. The zero-order chi connectivity index (χ0) is 28.6. The molecular formula is C30H40INO4SSi. The summed E-state index contributed by atoms with van der Waals surface area (Å²) in [5.41, 5.74) is 3.57. The van der Waals surface area contributed by atoms with Crippen molar-refractivity contribution < 1.29 is 17.9 Å². The maximum Gasteiger partial charge on any atom is 0.307 e. The first-order valence-electron chi connectivity index (χ1n) is 13.1. The number of esters is 1. The van der Waals surface area contributed by atoms with Crippen LogP contribution < -0.4 is 0 Å². The van der Waals surface area contributed by atoms with Gasteiger partial charge < -0.3 is 4.74 Å². The number of hydrogen-bond donors (Lipinski definition) is 0. The van der Waals surface area contributed by atoms with Crippen LogP contribution in [0.4, 0.5) is 0 Å². The standard InChI is InChI=1S/C30H40INO4SSi/c1-19(2)38(20(3)4,21(5)6)28-18-27(36-23(8)33)29(24-12-14-25(31)15-13-24)30(28)32(9)37(34,35)26-16-10-22(7)11-17-26/h10-21,29H,1-9H3. The molecule has 1 aliphatic rings. The number of likely N-dealkylation sites (N-methyl/N-ethyl adjacent to an activating group) is 1. The molecule has 0 saturated heterocycles. The van der Waals surface area contributed by atoms with Gasteiger partial charge in [0.05, 0.1) is 18.9 Å². The molecule has 2 aromatic rings. The van der Waals surface area contributed by atoms with Crippen molar-refractivity contribution in [2.45, 2.75) is 82.8 Å². The fourth-order valence-electron chi connectivity index (χ4n) is 6.45. The molecule has 2 aromatic carbocycles. The van der Waals surface area contributed by atoms with Crippen LogP contribution in [0.3, 0.4) is 0 Å². The molecule has 5 nitrogen and oxygen atoms in total. The summed E-state index contributed by atoms with van der Waals surface area (Å²) in [6, 6.07) is 15.0. The predicted molar refractivity (Wildman–Crippen MR) is 166 cm³/mol. The largest absolute Gasteiger partial charge is 0.430 e. The van der Waals surface area contributed by atoms with Crippen molar-refractivity contribution in [2.75, 3.05) is 7.05 Å². The number of ether oxygens (including phenoxy) is 1. The van der Waals surface area contributed by atoms with E-state index in [1.807, 2.05) is 49.4 Å². The Bertz CT molecular complexity index is 1320. The summed E-state index contributed by atoms with van der Waals surface area (Å²) in [7, 11) is -4.62. The lowest BCUT2D eigenvalue weighted by Gasteiger charge is -2.45. The highest BCUT2D eigenvalue weighted by molar-refractivity contribution is 14.1. The third-order valence-corrected chi connectivity index (χ3v) is 17.5. The Morgan fingerprint density at radius 1 is 0.921 bits per heavy atom. The zero-order valence-electron chi connectivity index (χ0n) is 23.9. The number of halogens is 1. The van der Waals surface area contributed by atoms with E-state index in [2.05, 4.69) is 64.1 Å². The van der Waals surface area contributed by atoms with Crippen LogP contribution in [0.25, 0.3) is 0 Å². The first kappa shape index (κ1) is 30.6. The molecule has 0 bridgehead atoms. The molecule has 0 aromatic heterocycles. The molecule has 1 unspecified atom stereocenters. The molecule has 0 fully saturated rings. The van der Waals surface area contributed by atoms with Crippen molar-refractivity contribution in [3.8, 4) is 0 Å². The van der Waals surface area contributed by atoms with Gasteiger partial charge in [-0.3, -0.25) is 9.10 Å². The van der Waals surface area contributed by atoms with Crippen molar-refractivity contribution >= 4 is 46.7 Å². The Morgan fingerprint density at radius 2 is 1.42 bits per heavy atom. The van der Waals surface area contributed by atoms with E-state index in [4.69, 9.17) is 4.74 Å². The molecule has 0 saturated carbocycles. The van der Waals surface area contributed by atoms with Crippen molar-refractivity contribution in [2.24, 2.45) is 0 Å². The molecule has 0 spiro atoms. The Kier molecular flexibility index (Phi) is 9.41. The molecule has 1 aliphatic carbocycles. The van der Waals surface area contributed by atoms with E-state index in [1.54, 1.807) is 19.2 Å². The molecule has 0 amide bonds. The van der Waals surface area contributed by atoms with Gasteiger partial charge in [0.2, 0.25) is 0 Å². The number of carbonyl (C=O) groups excluding carboxylic acids is 1. The van der Waals surface area contributed by atoms with Gasteiger partial charge in [0.25, 0.3) is 10.0 Å². The van der Waals surface area contributed by atoms with E-state index >= 15 is 0 Å². The normalized spacial score (nSPS) is 16.4. The minimum atomic E-state index is -3.89. The molecule has 0 heterocycles. The zero-order valence-corrected chi connectivity index (χ0v) is 27.8. The van der Waals surface area contributed by atoms with Gasteiger partial charge in [-0.25, -0.2) is 8.42 Å². The van der Waals surface area contributed by atoms with Crippen molar-refractivity contribution in [3.05, 3.63) is 86.0 Å². The molecule has 0 aliphatic heterocycles. The predicted octanol–water partition coefficient (Wildman–Crippen LogP) is 7.94. The van der Waals surface area contributed by atoms with E-state index < -0.39 is 30.0 Å². The summed E-state index contributed by atoms with van der Waals surface area (Å²) < 4.78 is 36.7. The van der Waals surface area contributed by atoms with E-state index in [0.29, 0.717) is 28.1 Å². The molecule has 206 valence electrons. The second-order valence-corrected chi connectivity index (χ2v) is 20.2. The van der Waals surface area contributed by atoms with Crippen LogP contribution in [-0.4, -0.2) is 33.8 Å². The van der Waals surface area contributed by atoms with Crippen LogP contribution in [0, 0.1) is 10.5 Å². The first-order valence-corrected chi connectivity index (χ1v) is 17.9. The van der Waals surface area contributed by atoms with Gasteiger partial charge >= 0.3 is 5.97 Å². The lowest BCUT2D eigenvalue weighted by Crippen LogP contribution is -2.48. The van der Waals surface area contributed by atoms with Crippen LogP contribution in [0.15, 0.2) is 76.2 Å². The van der Waals surface area contributed by atoms with E-state index in [1.165, 1.54) is 11.2 Å². The summed E-state index contributed by atoms with van der Waals surface area (Å²) in [4.78, 5) is 12.6. The van der Waals surface area contributed by atoms with Crippen molar-refractivity contribution in [3.63, 3.8) is 0 Å². The number of rotatable bonds is 9. The second kappa shape index (κ2) is 11.7. The van der Waals surface area contributed by atoms with E-state index in [0.717, 1.165) is 19.9 Å². The molecule has 8 heteroatoms. The minimum absolute atomic E-state index is 0.241. The average molecular weight is 666 g/mol. The lowest BCUT2D eigenvalue weighted by atomic mass is 9.96. The number of carbonyl (C=O) groups is 1. The molecule has 0 radical (unpaired) electrons. The summed E-state index contributed by atoms with van der Waals surface area (Å²) in [6.07, 6.45) is 2.01. The highest BCUT2D eigenvalue weighted by atomic mass is 127. The van der Waals surface area contributed by atoms with Crippen LogP contribution in [0.2, 0.25) is 16.6 Å². The topological polar surface area (TPSA) is 63.7 Å². The highest BCUT2D eigenvalue weighted by Crippen LogP contribution is 2.54. The molecule has 3 rings (SSSR count). The lowest BCUT2D eigenvalue weighted by molar-refractivity contribution is -0.137. The summed E-state index contributed by atoms with van der Waals surface area (Å²) in [5, 5.41) is 1.05. The van der Waals surface area contributed by atoms with Crippen LogP contribution in [-0.2, 0) is 19.6 Å². The number of benzene rings is 2. The number of aryl methyl sites for hydroxylation is 1. The van der Waals surface area contributed by atoms with E-state index in [9.17, 15) is 13.2 Å². The third kappa shape index (κ3) is 5.54. The maximum absolute atomic E-state index is 14.1. The van der Waals surface area contributed by atoms with Gasteiger partial charge in [-0.05, 0) is 87.2 Å². The van der Waals surface area contributed by atoms with Gasteiger partial charge in [-0.15, -0.1) is 0 Å². The molecule has 0 N–H and O–H groups in total. The second-order valence-electron chi connectivity index (χ2n) is 11.1. The fraction of sp³-hybridized carbons (Fsp3) is 0.433. The van der Waals surface area contributed by atoms with Gasteiger partial charge in [0.1, 0.15) is 5.76 Å². The quantitative estimate of drug-likeness (QED) is 0.155. The molecule has 38 heavy (non-hydrogen) atoms. The van der Waals surface area contributed by atoms with Gasteiger partial charge in [-0.2, -0.15) is 0 Å². The Hall–Kier alpha value is -1.91. The number of hydrogen-bond acceptors (Lipinski definition) is 4. The number of sulfonamides is 1. The maximum atomic E-state index is 14.1. The third-order valence-electron chi connectivity index (χ3n) is 7.94. The van der Waals surface area contributed by atoms with Crippen LogP contribution in [0.5, 0.6) is 0 Å². The van der Waals surface area contributed by atoms with Gasteiger partial charge in [0.15, 0.2) is 0 Å². The number of nitrogens with zero attached hydrogens (tertiary/aromatic N) is 1. The van der Waals surface area contributed by atoms with Crippen LogP contribution in [0.1, 0.15) is 65.5 Å². The van der Waals surface area contributed by atoms with Gasteiger partial charge in [0, 0.05) is 23.2 Å². The molecular weight excluding hydrogens is 625 g/mol. The minimum Gasteiger partial charge on any atom is -0.430 e. The van der Waals surface area contributed by atoms with E-state index in [-0.39, 0.29) is 4.90 Å². The summed E-state index contributed by atoms with van der Waals surface area (Å²) in [6.45, 7) is 16.9. The molecule has 1 atom stereocenters. The monoisotopic (exact) mass is 665 g/mol. The highest BCUT2D eigenvalue weighted by Gasteiger charge is 2.51. The van der Waals surface area contributed by atoms with Crippen molar-refractivity contribution in [1.82, 2.24) is 4.31 Å². The average Bonchev–Trinajstić information content (AvgIpc) is 3.17. The van der Waals surface area contributed by atoms with Gasteiger partial charge in [-0.1, -0.05) is 71.4 Å². The number of allylic oxidation sites excluding steroid dienone is 2.